The first-order valence-corrected chi connectivity index (χ1v) is 6.04. The first kappa shape index (κ1) is 12.7. The second-order valence-electron chi connectivity index (χ2n) is 4.53. The zero-order valence-electron chi connectivity index (χ0n) is 10.1. The molecule has 1 unspecified atom stereocenters. The molecule has 5 nitrogen and oxygen atoms in total. The predicted octanol–water partition coefficient (Wildman–Crippen LogP) is 1.25. The molecular weight excluding hydrogens is 234 g/mol. The largest absolute Gasteiger partial charge is 0.508 e. The minimum atomic E-state index is -0.299. The van der Waals surface area contributed by atoms with Crippen LogP contribution in [0.15, 0.2) is 18.2 Å². The van der Waals surface area contributed by atoms with Gasteiger partial charge in [0.25, 0.3) is 5.91 Å². The average Bonchev–Trinajstić information content (AvgIpc) is 2.36. The molecular formula is C13H17NO4. The average molecular weight is 251 g/mol. The Kier molecular flexibility index (Phi) is 4.04. The van der Waals surface area contributed by atoms with Crippen LogP contribution in [0.4, 0.5) is 0 Å². The van der Waals surface area contributed by atoms with Gasteiger partial charge in [-0.2, -0.15) is 0 Å². The molecule has 0 saturated carbocycles. The number of amides is 1. The SMILES string of the molecule is O=C(NCC1CCCOC1)c1cc(O)cc(O)c1. The second-order valence-corrected chi connectivity index (χ2v) is 4.53. The van der Waals surface area contributed by atoms with E-state index in [2.05, 4.69) is 5.32 Å². The van der Waals surface area contributed by atoms with Crippen molar-refractivity contribution in [3.05, 3.63) is 23.8 Å². The van der Waals surface area contributed by atoms with Crippen molar-refractivity contribution >= 4 is 5.91 Å². The number of hydrogen-bond donors (Lipinski definition) is 3. The molecule has 1 fully saturated rings. The highest BCUT2D eigenvalue weighted by Gasteiger charge is 2.15. The molecule has 1 amide bonds. The lowest BCUT2D eigenvalue weighted by Crippen LogP contribution is -2.33. The molecule has 0 radical (unpaired) electrons. The summed E-state index contributed by atoms with van der Waals surface area (Å²) < 4.78 is 5.33. The topological polar surface area (TPSA) is 78.8 Å². The van der Waals surface area contributed by atoms with E-state index < -0.39 is 0 Å². The number of carbonyl (C=O) groups excluding carboxylic acids is 1. The van der Waals surface area contributed by atoms with Gasteiger partial charge in [0.1, 0.15) is 11.5 Å². The van der Waals surface area contributed by atoms with Gasteiger partial charge in [0.05, 0.1) is 6.61 Å². The van der Waals surface area contributed by atoms with Crippen LogP contribution < -0.4 is 5.32 Å². The van der Waals surface area contributed by atoms with Gasteiger partial charge in [-0.25, -0.2) is 0 Å². The molecule has 0 bridgehead atoms. The van der Waals surface area contributed by atoms with E-state index in [1.54, 1.807) is 0 Å². The van der Waals surface area contributed by atoms with E-state index in [-0.39, 0.29) is 23.0 Å². The molecule has 1 aromatic carbocycles. The zero-order valence-corrected chi connectivity index (χ0v) is 10.1. The van der Waals surface area contributed by atoms with Gasteiger partial charge >= 0.3 is 0 Å². The first-order chi connectivity index (χ1) is 8.65. The Morgan fingerprint density at radius 3 is 2.67 bits per heavy atom. The smallest absolute Gasteiger partial charge is 0.251 e. The van der Waals surface area contributed by atoms with E-state index in [1.165, 1.54) is 18.2 Å². The molecule has 98 valence electrons. The summed E-state index contributed by atoms with van der Waals surface area (Å²) in [7, 11) is 0. The third kappa shape index (κ3) is 3.37. The summed E-state index contributed by atoms with van der Waals surface area (Å²) in [5.41, 5.74) is 0.254. The van der Waals surface area contributed by atoms with Crippen molar-refractivity contribution in [3.8, 4) is 11.5 Å². The molecule has 3 N–H and O–H groups in total. The summed E-state index contributed by atoms with van der Waals surface area (Å²) in [6.07, 6.45) is 2.07. The van der Waals surface area contributed by atoms with Crippen LogP contribution in [-0.4, -0.2) is 35.9 Å². The van der Waals surface area contributed by atoms with Gasteiger partial charge in [0.15, 0.2) is 0 Å². The van der Waals surface area contributed by atoms with E-state index in [9.17, 15) is 15.0 Å². The first-order valence-electron chi connectivity index (χ1n) is 6.04. The Morgan fingerprint density at radius 1 is 1.33 bits per heavy atom. The normalized spacial score (nSPS) is 19.4. The summed E-state index contributed by atoms with van der Waals surface area (Å²) in [4.78, 5) is 11.8. The fraction of sp³-hybridized carbons (Fsp3) is 0.462. The standard InChI is InChI=1S/C13H17NO4/c15-11-4-10(5-12(16)6-11)13(17)14-7-9-2-1-3-18-8-9/h4-6,9,15-16H,1-3,7-8H2,(H,14,17). The van der Waals surface area contributed by atoms with Crippen molar-refractivity contribution in [2.75, 3.05) is 19.8 Å². The second kappa shape index (κ2) is 5.73. The van der Waals surface area contributed by atoms with Crippen molar-refractivity contribution in [3.63, 3.8) is 0 Å². The highest BCUT2D eigenvalue weighted by Crippen LogP contribution is 2.20. The van der Waals surface area contributed by atoms with Gasteiger partial charge in [-0.05, 0) is 30.9 Å². The molecule has 5 heteroatoms. The number of ether oxygens (including phenoxy) is 1. The number of nitrogens with one attached hydrogen (secondary N) is 1. The van der Waals surface area contributed by atoms with Crippen molar-refractivity contribution in [2.24, 2.45) is 5.92 Å². The maximum atomic E-state index is 11.8. The molecule has 2 rings (SSSR count). The van der Waals surface area contributed by atoms with E-state index >= 15 is 0 Å². The summed E-state index contributed by atoms with van der Waals surface area (Å²) in [5.74, 6) is -0.206. The lowest BCUT2D eigenvalue weighted by atomic mass is 10.0. The molecule has 1 aliphatic rings. The highest BCUT2D eigenvalue weighted by molar-refractivity contribution is 5.95. The van der Waals surface area contributed by atoms with Crippen LogP contribution >= 0.6 is 0 Å². The lowest BCUT2D eigenvalue weighted by molar-refractivity contribution is 0.0536. The number of rotatable bonds is 3. The maximum Gasteiger partial charge on any atom is 0.251 e. The van der Waals surface area contributed by atoms with Crippen LogP contribution in [0.2, 0.25) is 0 Å². The van der Waals surface area contributed by atoms with Gasteiger partial charge in [0.2, 0.25) is 0 Å². The zero-order chi connectivity index (χ0) is 13.0. The monoisotopic (exact) mass is 251 g/mol. The van der Waals surface area contributed by atoms with Gasteiger partial charge in [-0.3, -0.25) is 4.79 Å². The number of phenols is 2. The summed E-state index contributed by atoms with van der Waals surface area (Å²) >= 11 is 0. The third-order valence-electron chi connectivity index (χ3n) is 2.97. The highest BCUT2D eigenvalue weighted by atomic mass is 16.5. The molecule has 1 atom stereocenters. The number of benzene rings is 1. The summed E-state index contributed by atoms with van der Waals surface area (Å²) in [6.45, 7) is 2.02. The van der Waals surface area contributed by atoms with E-state index in [0.29, 0.717) is 19.1 Å². The van der Waals surface area contributed by atoms with Gasteiger partial charge in [-0.15, -0.1) is 0 Å². The molecule has 1 heterocycles. The molecule has 0 spiro atoms. The molecule has 1 saturated heterocycles. The predicted molar refractivity (Wildman–Crippen MR) is 65.6 cm³/mol. The fourth-order valence-electron chi connectivity index (χ4n) is 2.03. The Balaban J connectivity index is 1.90. The van der Waals surface area contributed by atoms with Crippen molar-refractivity contribution in [2.45, 2.75) is 12.8 Å². The van der Waals surface area contributed by atoms with E-state index in [0.717, 1.165) is 19.4 Å². The number of hydrogen-bond acceptors (Lipinski definition) is 4. The molecule has 1 aromatic rings. The van der Waals surface area contributed by atoms with Crippen LogP contribution in [0.3, 0.4) is 0 Å². The minimum absolute atomic E-state index is 0.124. The fourth-order valence-corrected chi connectivity index (χ4v) is 2.03. The van der Waals surface area contributed by atoms with Gasteiger partial charge in [-0.1, -0.05) is 0 Å². The minimum Gasteiger partial charge on any atom is -0.508 e. The Hall–Kier alpha value is -1.75. The maximum absolute atomic E-state index is 11.8. The van der Waals surface area contributed by atoms with Crippen molar-refractivity contribution in [1.29, 1.82) is 0 Å². The number of carbonyl (C=O) groups is 1. The van der Waals surface area contributed by atoms with Crippen molar-refractivity contribution in [1.82, 2.24) is 5.32 Å². The Bertz CT molecular complexity index is 407. The number of phenolic OH excluding ortho intramolecular Hbond substituents is 2. The van der Waals surface area contributed by atoms with Crippen LogP contribution in [0.5, 0.6) is 11.5 Å². The van der Waals surface area contributed by atoms with E-state index in [1.807, 2.05) is 0 Å². The Morgan fingerprint density at radius 2 is 2.06 bits per heavy atom. The summed E-state index contributed by atoms with van der Waals surface area (Å²) in [6, 6.07) is 3.84. The lowest BCUT2D eigenvalue weighted by Gasteiger charge is -2.22. The van der Waals surface area contributed by atoms with Crippen LogP contribution in [0, 0.1) is 5.92 Å². The molecule has 0 aromatic heterocycles. The van der Waals surface area contributed by atoms with Crippen LogP contribution in [-0.2, 0) is 4.74 Å². The molecule has 18 heavy (non-hydrogen) atoms. The summed E-state index contributed by atoms with van der Waals surface area (Å²) in [5, 5.41) is 21.4. The van der Waals surface area contributed by atoms with Gasteiger partial charge < -0.3 is 20.3 Å². The van der Waals surface area contributed by atoms with E-state index in [4.69, 9.17) is 4.74 Å². The van der Waals surface area contributed by atoms with Crippen LogP contribution in [0.25, 0.3) is 0 Å². The quantitative estimate of drug-likeness (QED) is 0.755. The van der Waals surface area contributed by atoms with Crippen LogP contribution in [0.1, 0.15) is 23.2 Å². The number of aromatic hydroxyl groups is 2. The third-order valence-corrected chi connectivity index (χ3v) is 2.97. The van der Waals surface area contributed by atoms with Gasteiger partial charge in [0, 0.05) is 24.8 Å². The Labute approximate surface area is 105 Å². The molecule has 1 aliphatic heterocycles. The van der Waals surface area contributed by atoms with Crippen molar-refractivity contribution < 1.29 is 19.7 Å². The molecule has 0 aliphatic carbocycles.